The molecule has 0 saturated heterocycles. The van der Waals surface area contributed by atoms with Crippen LogP contribution in [0.5, 0.6) is 5.75 Å². The van der Waals surface area contributed by atoms with Gasteiger partial charge in [0.2, 0.25) is 0 Å². The highest BCUT2D eigenvalue weighted by Crippen LogP contribution is 2.42. The Labute approximate surface area is 191 Å². The van der Waals surface area contributed by atoms with Gasteiger partial charge in [-0.2, -0.15) is 13.2 Å². The maximum absolute atomic E-state index is 14.0. The van der Waals surface area contributed by atoms with Gasteiger partial charge in [0.25, 0.3) is 0 Å². The molecule has 2 aromatic rings. The number of likely N-dealkylation sites (N-methyl/N-ethyl adjacent to an activating group) is 1. The fourth-order valence-electron chi connectivity index (χ4n) is 3.79. The average molecular weight is 466 g/mol. The van der Waals surface area contributed by atoms with E-state index in [1.54, 1.807) is 25.1 Å². The molecule has 0 bridgehead atoms. The lowest BCUT2D eigenvalue weighted by molar-refractivity contribution is -0.0975. The molecule has 2 N–H and O–H groups in total. The first-order chi connectivity index (χ1) is 15.2. The number of alkyl halides is 3. The number of allylic oxidation sites excluding steroid dienone is 1. The standard InChI is InChI=1S/C24H30F3N3OS/c1-4-5-6-13-30(2)21-11-12-23(28,15-20(21)24(25,26)27)22-29-18(16-32-22)14-17-7-9-19(31-3)10-8-17/h7-12,16H,4-6,13-15,28H2,1-3H3. The number of ether oxygens (including phenoxy) is 1. The van der Waals surface area contributed by atoms with Gasteiger partial charge in [-0.25, -0.2) is 4.98 Å². The second-order valence-corrected chi connectivity index (χ2v) is 9.07. The number of thiazole rings is 1. The number of benzene rings is 1. The Hall–Kier alpha value is -2.32. The van der Waals surface area contributed by atoms with Crippen LogP contribution in [0.15, 0.2) is 53.1 Å². The predicted molar refractivity (Wildman–Crippen MR) is 123 cm³/mol. The van der Waals surface area contributed by atoms with Crippen molar-refractivity contribution in [3.05, 3.63) is 69.3 Å². The number of methoxy groups -OCH3 is 1. The van der Waals surface area contributed by atoms with Crippen LogP contribution in [0.4, 0.5) is 13.2 Å². The minimum absolute atomic E-state index is 0.199. The molecule has 1 atom stereocenters. The van der Waals surface area contributed by atoms with Crippen molar-refractivity contribution in [2.45, 2.75) is 50.7 Å². The summed E-state index contributed by atoms with van der Waals surface area (Å²) < 4.78 is 47.0. The first-order valence-corrected chi connectivity index (χ1v) is 11.6. The van der Waals surface area contributed by atoms with E-state index in [9.17, 15) is 13.2 Å². The molecule has 1 unspecified atom stereocenters. The van der Waals surface area contributed by atoms with Crippen molar-refractivity contribution < 1.29 is 17.9 Å². The van der Waals surface area contributed by atoms with Gasteiger partial charge in [0.15, 0.2) is 0 Å². The molecule has 1 aliphatic carbocycles. The Kier molecular flexibility index (Phi) is 7.67. The highest BCUT2D eigenvalue weighted by Gasteiger charge is 2.44. The van der Waals surface area contributed by atoms with Crippen LogP contribution in [0.25, 0.3) is 0 Å². The molecular weight excluding hydrogens is 435 g/mol. The van der Waals surface area contributed by atoms with Gasteiger partial charge in [-0.15, -0.1) is 11.3 Å². The van der Waals surface area contributed by atoms with Crippen molar-refractivity contribution in [1.82, 2.24) is 9.88 Å². The predicted octanol–water partition coefficient (Wildman–Crippen LogP) is 5.79. The Morgan fingerprint density at radius 1 is 1.22 bits per heavy atom. The van der Waals surface area contributed by atoms with Gasteiger partial charge in [0.05, 0.1) is 23.9 Å². The lowest BCUT2D eigenvalue weighted by Gasteiger charge is -2.34. The van der Waals surface area contributed by atoms with Gasteiger partial charge in [-0.1, -0.05) is 38.0 Å². The van der Waals surface area contributed by atoms with Gasteiger partial charge >= 0.3 is 6.18 Å². The molecule has 0 aliphatic heterocycles. The number of aromatic nitrogens is 1. The molecule has 174 valence electrons. The number of hydrogen-bond acceptors (Lipinski definition) is 5. The Morgan fingerprint density at radius 3 is 2.56 bits per heavy atom. The van der Waals surface area contributed by atoms with E-state index in [4.69, 9.17) is 10.5 Å². The summed E-state index contributed by atoms with van der Waals surface area (Å²) in [7, 11) is 3.32. The number of unbranched alkanes of at least 4 members (excludes halogenated alkanes) is 2. The molecule has 1 aromatic heterocycles. The number of rotatable bonds is 9. The van der Waals surface area contributed by atoms with E-state index in [0.717, 1.165) is 36.3 Å². The zero-order valence-electron chi connectivity index (χ0n) is 18.7. The van der Waals surface area contributed by atoms with Crippen molar-refractivity contribution in [3.8, 4) is 5.75 Å². The Morgan fingerprint density at radius 2 is 1.94 bits per heavy atom. The average Bonchev–Trinajstić information content (AvgIpc) is 3.23. The van der Waals surface area contributed by atoms with Gasteiger partial charge < -0.3 is 15.4 Å². The molecular formula is C24H30F3N3OS. The first-order valence-electron chi connectivity index (χ1n) is 10.7. The highest BCUT2D eigenvalue weighted by molar-refractivity contribution is 7.09. The number of halogens is 3. The topological polar surface area (TPSA) is 51.4 Å². The normalized spacial score (nSPS) is 18.8. The quantitative estimate of drug-likeness (QED) is 0.476. The molecule has 1 heterocycles. The molecule has 0 spiro atoms. The molecule has 0 fully saturated rings. The third kappa shape index (κ3) is 5.72. The van der Waals surface area contributed by atoms with Crippen LogP contribution in [0.2, 0.25) is 0 Å². The second-order valence-electron chi connectivity index (χ2n) is 8.21. The van der Waals surface area contributed by atoms with E-state index < -0.39 is 17.3 Å². The Balaban J connectivity index is 1.79. The molecule has 0 radical (unpaired) electrons. The summed E-state index contributed by atoms with van der Waals surface area (Å²) in [5.41, 5.74) is 6.65. The molecule has 1 aliphatic rings. The lowest BCUT2D eigenvalue weighted by Crippen LogP contribution is -2.40. The summed E-state index contributed by atoms with van der Waals surface area (Å²) in [4.78, 5) is 6.28. The van der Waals surface area contributed by atoms with Crippen LogP contribution >= 0.6 is 11.3 Å². The minimum Gasteiger partial charge on any atom is -0.497 e. The number of nitrogens with two attached hydrogens (primary N) is 1. The summed E-state index contributed by atoms with van der Waals surface area (Å²) in [5, 5.41) is 2.36. The summed E-state index contributed by atoms with van der Waals surface area (Å²) in [5.74, 6) is 0.767. The number of nitrogens with zero attached hydrogens (tertiary/aromatic N) is 2. The van der Waals surface area contributed by atoms with E-state index >= 15 is 0 Å². The van der Waals surface area contributed by atoms with Gasteiger partial charge in [-0.3, -0.25) is 0 Å². The highest BCUT2D eigenvalue weighted by atomic mass is 32.1. The van der Waals surface area contributed by atoms with Crippen LogP contribution in [0, 0.1) is 0 Å². The van der Waals surface area contributed by atoms with Gasteiger partial charge in [0.1, 0.15) is 10.8 Å². The Bertz CT molecular complexity index is 966. The molecule has 32 heavy (non-hydrogen) atoms. The van der Waals surface area contributed by atoms with E-state index in [1.807, 2.05) is 29.6 Å². The second kappa shape index (κ2) is 10.1. The van der Waals surface area contributed by atoms with Crippen molar-refractivity contribution in [3.63, 3.8) is 0 Å². The summed E-state index contributed by atoms with van der Waals surface area (Å²) in [6.45, 7) is 2.65. The first kappa shape index (κ1) is 24.3. The molecule has 4 nitrogen and oxygen atoms in total. The maximum atomic E-state index is 14.0. The van der Waals surface area contributed by atoms with Gasteiger partial charge in [0, 0.05) is 37.5 Å². The zero-order valence-corrected chi connectivity index (χ0v) is 19.5. The lowest BCUT2D eigenvalue weighted by atomic mass is 9.85. The van der Waals surface area contributed by atoms with Crippen LogP contribution in [-0.2, 0) is 12.0 Å². The van der Waals surface area contributed by atoms with Crippen molar-refractivity contribution in [1.29, 1.82) is 0 Å². The SMILES string of the molecule is CCCCCN(C)C1=C(C(F)(F)F)CC(N)(c2nc(Cc3ccc(OC)cc3)cs2)C=C1. The van der Waals surface area contributed by atoms with E-state index in [1.165, 1.54) is 17.4 Å². The maximum Gasteiger partial charge on any atom is 0.414 e. The van der Waals surface area contributed by atoms with Crippen molar-refractivity contribution in [2.24, 2.45) is 5.73 Å². The largest absolute Gasteiger partial charge is 0.497 e. The molecule has 3 rings (SSSR count). The summed E-state index contributed by atoms with van der Waals surface area (Å²) >= 11 is 1.31. The van der Waals surface area contributed by atoms with Crippen LogP contribution < -0.4 is 10.5 Å². The summed E-state index contributed by atoms with van der Waals surface area (Å²) in [6, 6.07) is 7.63. The fourth-order valence-corrected chi connectivity index (χ4v) is 4.71. The smallest absolute Gasteiger partial charge is 0.414 e. The van der Waals surface area contributed by atoms with Gasteiger partial charge in [-0.05, 0) is 30.2 Å². The van der Waals surface area contributed by atoms with E-state index in [2.05, 4.69) is 11.9 Å². The molecule has 0 amide bonds. The van der Waals surface area contributed by atoms with Crippen molar-refractivity contribution in [2.75, 3.05) is 20.7 Å². The molecule has 0 saturated carbocycles. The fraction of sp³-hybridized carbons (Fsp3) is 0.458. The zero-order chi connectivity index (χ0) is 23.4. The third-order valence-corrected chi connectivity index (χ3v) is 6.75. The van der Waals surface area contributed by atoms with Crippen LogP contribution in [0.3, 0.4) is 0 Å². The number of hydrogen-bond donors (Lipinski definition) is 1. The third-order valence-electron chi connectivity index (χ3n) is 5.66. The monoisotopic (exact) mass is 465 g/mol. The molecule has 1 aromatic carbocycles. The van der Waals surface area contributed by atoms with E-state index in [0.29, 0.717) is 18.0 Å². The van der Waals surface area contributed by atoms with Crippen molar-refractivity contribution >= 4 is 11.3 Å². The minimum atomic E-state index is -4.45. The summed E-state index contributed by atoms with van der Waals surface area (Å²) in [6.07, 6.45) is 1.84. The van der Waals surface area contributed by atoms with Crippen LogP contribution in [0.1, 0.15) is 48.9 Å². The van der Waals surface area contributed by atoms with Crippen LogP contribution in [-0.4, -0.2) is 36.8 Å². The molecule has 8 heteroatoms. The van der Waals surface area contributed by atoms with E-state index in [-0.39, 0.29) is 12.1 Å².